The second-order valence-electron chi connectivity index (χ2n) is 5.25. The molecule has 0 aliphatic carbocycles. The minimum atomic E-state index is -0.155. The number of rotatable bonds is 6. The smallest absolute Gasteiger partial charge is 0.256 e. The van der Waals surface area contributed by atoms with E-state index in [9.17, 15) is 14.8 Å². The zero-order valence-corrected chi connectivity index (χ0v) is 16.9. The third kappa shape index (κ3) is 4.61. The Morgan fingerprint density at radius 3 is 2.08 bits per heavy atom. The van der Waals surface area contributed by atoms with Gasteiger partial charge in [0.2, 0.25) is 0 Å². The standard InChI is InChI=1S/C18H16Br2N2O3/c1-3-17(23)13-7-5-11(19)9-15(13)21-22(25)16-10-12(20)6-8-14(16)18(24)4-2/h5-10H,3-4H2,1-2H3. The van der Waals surface area contributed by atoms with Crippen molar-refractivity contribution in [2.75, 3.05) is 0 Å². The van der Waals surface area contributed by atoms with Crippen molar-refractivity contribution in [3.05, 3.63) is 61.7 Å². The van der Waals surface area contributed by atoms with Crippen LogP contribution in [-0.4, -0.2) is 16.4 Å². The molecule has 0 aromatic heterocycles. The van der Waals surface area contributed by atoms with Crippen molar-refractivity contribution in [2.45, 2.75) is 26.7 Å². The number of hydrogen-bond donors (Lipinski definition) is 0. The van der Waals surface area contributed by atoms with Gasteiger partial charge in [-0.05, 0) is 35.2 Å². The molecule has 0 fully saturated rings. The molecule has 0 amide bonds. The second-order valence-corrected chi connectivity index (χ2v) is 7.08. The lowest BCUT2D eigenvalue weighted by Crippen LogP contribution is -2.04. The van der Waals surface area contributed by atoms with E-state index in [-0.39, 0.29) is 29.4 Å². The van der Waals surface area contributed by atoms with Crippen LogP contribution in [0, 0.1) is 5.21 Å². The first-order valence-corrected chi connectivity index (χ1v) is 9.30. The van der Waals surface area contributed by atoms with E-state index in [4.69, 9.17) is 0 Å². The Kier molecular flexibility index (Phi) is 6.61. The fourth-order valence-corrected chi connectivity index (χ4v) is 2.95. The highest BCUT2D eigenvalue weighted by atomic mass is 79.9. The molecular formula is C18H16Br2N2O3. The number of benzene rings is 2. The predicted molar refractivity (Wildman–Crippen MR) is 103 cm³/mol. The van der Waals surface area contributed by atoms with Crippen LogP contribution in [0.15, 0.2) is 50.5 Å². The van der Waals surface area contributed by atoms with E-state index in [2.05, 4.69) is 37.0 Å². The molecule has 0 saturated carbocycles. The Hall–Kier alpha value is -1.86. The molecule has 2 aromatic rings. The van der Waals surface area contributed by atoms with E-state index < -0.39 is 0 Å². The lowest BCUT2D eigenvalue weighted by Gasteiger charge is -2.07. The van der Waals surface area contributed by atoms with Gasteiger partial charge in [-0.25, -0.2) is 0 Å². The van der Waals surface area contributed by atoms with Gasteiger partial charge in [-0.1, -0.05) is 45.7 Å². The summed E-state index contributed by atoms with van der Waals surface area (Å²) in [5.74, 6) is -0.267. The zero-order valence-electron chi connectivity index (χ0n) is 13.8. The summed E-state index contributed by atoms with van der Waals surface area (Å²) in [5, 5.41) is 16.7. The van der Waals surface area contributed by atoms with Gasteiger partial charge in [0.25, 0.3) is 5.69 Å². The topological polar surface area (TPSA) is 72.6 Å². The number of ketones is 2. The minimum absolute atomic E-state index is 0.112. The third-order valence-corrected chi connectivity index (χ3v) is 4.55. The third-order valence-electron chi connectivity index (χ3n) is 3.57. The summed E-state index contributed by atoms with van der Waals surface area (Å²) in [6.45, 7) is 3.47. The molecule has 0 saturated heterocycles. The maximum absolute atomic E-state index is 12.6. The normalized spacial score (nSPS) is 11.4. The molecule has 7 heteroatoms. The average molecular weight is 468 g/mol. The Bertz CT molecular complexity index is 863. The van der Waals surface area contributed by atoms with Crippen LogP contribution in [0.3, 0.4) is 0 Å². The van der Waals surface area contributed by atoms with Crippen LogP contribution >= 0.6 is 31.9 Å². The molecule has 0 spiro atoms. The number of carbonyl (C=O) groups is 2. The van der Waals surface area contributed by atoms with Gasteiger partial charge < -0.3 is 5.21 Å². The fourth-order valence-electron chi connectivity index (χ4n) is 2.25. The van der Waals surface area contributed by atoms with Crippen molar-refractivity contribution in [3.63, 3.8) is 0 Å². The first-order chi connectivity index (χ1) is 11.9. The van der Waals surface area contributed by atoms with E-state index in [0.717, 1.165) is 0 Å². The van der Waals surface area contributed by atoms with Crippen LogP contribution in [0.5, 0.6) is 0 Å². The summed E-state index contributed by atoms with van der Waals surface area (Å²) in [7, 11) is 0. The van der Waals surface area contributed by atoms with Gasteiger partial charge in [0.15, 0.2) is 11.6 Å². The molecule has 130 valence electrons. The minimum Gasteiger partial charge on any atom is -0.594 e. The van der Waals surface area contributed by atoms with Crippen LogP contribution in [0.25, 0.3) is 0 Å². The van der Waals surface area contributed by atoms with Crippen molar-refractivity contribution < 1.29 is 14.4 Å². The Labute approximate surface area is 162 Å². The molecule has 0 aliphatic rings. The van der Waals surface area contributed by atoms with E-state index in [1.54, 1.807) is 50.2 Å². The van der Waals surface area contributed by atoms with Crippen molar-refractivity contribution in [2.24, 2.45) is 5.11 Å². The first kappa shape index (κ1) is 19.5. The summed E-state index contributed by atoms with van der Waals surface area (Å²) in [6.07, 6.45) is 0.582. The van der Waals surface area contributed by atoms with Gasteiger partial charge in [-0.2, -0.15) is 0 Å². The SMILES string of the molecule is CCC(=O)c1ccc(Br)cc1N=[N+]([O-])c1cc(Br)ccc1C(=O)CC. The van der Waals surface area contributed by atoms with Gasteiger partial charge >= 0.3 is 0 Å². The van der Waals surface area contributed by atoms with Gasteiger partial charge in [0.05, 0.1) is 5.56 Å². The lowest BCUT2D eigenvalue weighted by atomic mass is 10.1. The van der Waals surface area contributed by atoms with E-state index in [1.807, 2.05) is 0 Å². The lowest BCUT2D eigenvalue weighted by molar-refractivity contribution is -0.435. The molecule has 2 aromatic carbocycles. The molecule has 0 N–H and O–H groups in total. The van der Waals surface area contributed by atoms with E-state index in [1.165, 1.54) is 0 Å². The van der Waals surface area contributed by atoms with Crippen LogP contribution in [0.1, 0.15) is 47.4 Å². The number of azo groups is 1. The summed E-state index contributed by atoms with van der Waals surface area (Å²) in [5.41, 5.74) is 1.05. The maximum atomic E-state index is 12.6. The highest BCUT2D eigenvalue weighted by molar-refractivity contribution is 9.10. The molecule has 0 aliphatic heterocycles. The van der Waals surface area contributed by atoms with Crippen LogP contribution in [0.2, 0.25) is 0 Å². The summed E-state index contributed by atoms with van der Waals surface area (Å²) >= 11 is 6.62. The number of nitrogens with zero attached hydrogens (tertiary/aromatic N) is 2. The molecule has 2 rings (SSSR count). The molecule has 5 nitrogen and oxygen atoms in total. The molecule has 0 radical (unpaired) electrons. The monoisotopic (exact) mass is 466 g/mol. The van der Waals surface area contributed by atoms with E-state index in [0.29, 0.717) is 31.4 Å². The first-order valence-electron chi connectivity index (χ1n) is 7.71. The van der Waals surface area contributed by atoms with Crippen molar-refractivity contribution in [1.29, 1.82) is 0 Å². The van der Waals surface area contributed by atoms with Crippen LogP contribution in [0.4, 0.5) is 11.4 Å². The van der Waals surface area contributed by atoms with Crippen molar-refractivity contribution >= 4 is 54.8 Å². The summed E-state index contributed by atoms with van der Waals surface area (Å²) < 4.78 is 1.36. The number of Topliss-reactive ketones (excluding diaryl/α,β-unsaturated/α-hetero) is 2. The quantitative estimate of drug-likeness (QED) is 0.216. The van der Waals surface area contributed by atoms with Crippen molar-refractivity contribution in [1.82, 2.24) is 0 Å². The van der Waals surface area contributed by atoms with Crippen LogP contribution in [-0.2, 0) is 0 Å². The molecular weight excluding hydrogens is 452 g/mol. The van der Waals surface area contributed by atoms with Gasteiger partial charge in [-0.15, -0.1) is 0 Å². The number of halogens is 2. The second kappa shape index (κ2) is 8.49. The van der Waals surface area contributed by atoms with Crippen LogP contribution < -0.4 is 0 Å². The van der Waals surface area contributed by atoms with Gasteiger partial charge in [0.1, 0.15) is 5.69 Å². The average Bonchev–Trinajstić information content (AvgIpc) is 2.60. The Morgan fingerprint density at radius 2 is 1.48 bits per heavy atom. The largest absolute Gasteiger partial charge is 0.594 e. The number of hydrogen-bond acceptors (Lipinski definition) is 4. The molecule has 0 atom stereocenters. The van der Waals surface area contributed by atoms with Gasteiger partial charge in [-0.3, -0.25) is 9.59 Å². The molecule has 0 unspecified atom stereocenters. The van der Waals surface area contributed by atoms with Gasteiger partial charge in [0, 0.05) is 38.5 Å². The Balaban J connectivity index is 2.60. The zero-order chi connectivity index (χ0) is 18.6. The maximum Gasteiger partial charge on any atom is 0.256 e. The molecule has 25 heavy (non-hydrogen) atoms. The fraction of sp³-hybridized carbons (Fsp3) is 0.222. The highest BCUT2D eigenvalue weighted by Gasteiger charge is 2.19. The Morgan fingerprint density at radius 1 is 0.960 bits per heavy atom. The summed E-state index contributed by atoms with van der Waals surface area (Å²) in [4.78, 5) is 24.6. The summed E-state index contributed by atoms with van der Waals surface area (Å²) in [6, 6.07) is 9.78. The van der Waals surface area contributed by atoms with E-state index >= 15 is 0 Å². The van der Waals surface area contributed by atoms with Crippen molar-refractivity contribution in [3.8, 4) is 0 Å². The highest BCUT2D eigenvalue weighted by Crippen LogP contribution is 2.30. The number of carbonyl (C=O) groups excluding carboxylic acids is 2. The molecule has 0 bridgehead atoms. The molecule has 0 heterocycles. The predicted octanol–water partition coefficient (Wildman–Crippen LogP) is 6.32.